The molecule has 1 aliphatic carbocycles. The zero-order valence-electron chi connectivity index (χ0n) is 14.1. The topological polar surface area (TPSA) is 32.3 Å². The van der Waals surface area contributed by atoms with E-state index in [1.807, 2.05) is 11.8 Å². The first-order valence-corrected chi connectivity index (χ1v) is 10.6. The van der Waals surface area contributed by atoms with Crippen molar-refractivity contribution in [3.8, 4) is 0 Å². The fourth-order valence-electron chi connectivity index (χ4n) is 5.18. The van der Waals surface area contributed by atoms with Gasteiger partial charge in [0, 0.05) is 23.4 Å². The maximum absolute atomic E-state index is 13.1. The van der Waals surface area contributed by atoms with E-state index in [1.54, 1.807) is 0 Å². The van der Waals surface area contributed by atoms with Crippen molar-refractivity contribution < 1.29 is 4.79 Å². The van der Waals surface area contributed by atoms with Crippen LogP contribution in [0.15, 0.2) is 11.0 Å². The minimum atomic E-state index is 0.380. The highest BCUT2D eigenvalue weighted by atomic mass is 32.2. The molecule has 2 saturated heterocycles. The minimum Gasteiger partial charge on any atom is -0.336 e. The number of amides is 1. The smallest absolute Gasteiger partial charge is 0.250 e. The summed E-state index contributed by atoms with van der Waals surface area (Å²) in [6, 6.07) is 0.550. The molecule has 3 aliphatic heterocycles. The fraction of sp³-hybridized carbons (Fsp3) is 0.842. The van der Waals surface area contributed by atoms with Crippen LogP contribution < -0.4 is 5.32 Å². The van der Waals surface area contributed by atoms with Gasteiger partial charge < -0.3 is 10.2 Å². The van der Waals surface area contributed by atoms with Crippen molar-refractivity contribution in [1.29, 1.82) is 0 Å². The number of nitrogens with one attached hydrogen (secondary N) is 1. The number of rotatable bonds is 2. The standard InChI is InChI=1S/C19H30N2OS/c22-19(21-11-3-5-14-4-1-2-6-17(14)21)16-12-18(23-13-16)15-7-9-20-10-8-15/h13-15,17-18,20H,1-12H2. The maximum Gasteiger partial charge on any atom is 0.250 e. The number of fused-ring (bicyclic) bond motifs is 1. The average Bonchev–Trinajstić information content (AvgIpc) is 3.11. The first-order chi connectivity index (χ1) is 11.3. The van der Waals surface area contributed by atoms with Crippen molar-refractivity contribution in [2.24, 2.45) is 11.8 Å². The van der Waals surface area contributed by atoms with E-state index in [0.717, 1.165) is 43.5 Å². The Bertz CT molecular complexity index is 470. The van der Waals surface area contributed by atoms with Crippen LogP contribution in [-0.2, 0) is 4.79 Å². The van der Waals surface area contributed by atoms with E-state index in [0.29, 0.717) is 17.2 Å². The summed E-state index contributed by atoms with van der Waals surface area (Å²) in [6.07, 6.45) is 11.4. The molecule has 0 spiro atoms. The zero-order valence-corrected chi connectivity index (χ0v) is 15.0. The van der Waals surface area contributed by atoms with Gasteiger partial charge in [-0.2, -0.15) is 0 Å². The molecule has 0 bridgehead atoms. The fourth-order valence-corrected chi connectivity index (χ4v) is 6.48. The van der Waals surface area contributed by atoms with Crippen LogP contribution in [0.1, 0.15) is 57.8 Å². The number of carbonyl (C=O) groups excluding carboxylic acids is 1. The second-order valence-corrected chi connectivity index (χ2v) is 8.98. The van der Waals surface area contributed by atoms with Crippen LogP contribution in [-0.4, -0.2) is 41.7 Å². The predicted octanol–water partition coefficient (Wildman–Crippen LogP) is 3.56. The first kappa shape index (κ1) is 16.0. The number of thioether (sulfide) groups is 1. The van der Waals surface area contributed by atoms with Crippen LogP contribution in [0.3, 0.4) is 0 Å². The largest absolute Gasteiger partial charge is 0.336 e. The van der Waals surface area contributed by atoms with E-state index in [2.05, 4.69) is 15.6 Å². The molecule has 3 nitrogen and oxygen atoms in total. The molecule has 4 aliphatic rings. The molecule has 128 valence electrons. The van der Waals surface area contributed by atoms with Crippen LogP contribution in [0, 0.1) is 11.8 Å². The Labute approximate surface area is 144 Å². The minimum absolute atomic E-state index is 0.380. The van der Waals surface area contributed by atoms with Gasteiger partial charge in [0.25, 0.3) is 5.91 Å². The van der Waals surface area contributed by atoms with Crippen LogP contribution >= 0.6 is 11.8 Å². The van der Waals surface area contributed by atoms with Crippen molar-refractivity contribution in [2.45, 2.75) is 69.1 Å². The van der Waals surface area contributed by atoms with Gasteiger partial charge in [0.05, 0.1) is 0 Å². The molecule has 1 saturated carbocycles. The van der Waals surface area contributed by atoms with Crippen molar-refractivity contribution in [1.82, 2.24) is 10.2 Å². The highest BCUT2D eigenvalue weighted by Crippen LogP contribution is 2.41. The SMILES string of the molecule is O=C(C1=CSC(C2CCNCC2)C1)N1CCCC2CCCCC21. The number of carbonyl (C=O) groups is 1. The summed E-state index contributed by atoms with van der Waals surface area (Å²) in [5.41, 5.74) is 1.12. The summed E-state index contributed by atoms with van der Waals surface area (Å²) in [4.78, 5) is 15.4. The molecule has 1 N–H and O–H groups in total. The summed E-state index contributed by atoms with van der Waals surface area (Å²) < 4.78 is 0. The molecule has 0 aromatic rings. The van der Waals surface area contributed by atoms with Crippen molar-refractivity contribution in [3.63, 3.8) is 0 Å². The summed E-state index contributed by atoms with van der Waals surface area (Å²) >= 11 is 1.94. The summed E-state index contributed by atoms with van der Waals surface area (Å²) in [5, 5.41) is 6.32. The Morgan fingerprint density at radius 2 is 1.83 bits per heavy atom. The Morgan fingerprint density at radius 3 is 2.70 bits per heavy atom. The highest BCUT2D eigenvalue weighted by Gasteiger charge is 2.38. The Hall–Kier alpha value is -0.480. The second-order valence-electron chi connectivity index (χ2n) is 7.86. The van der Waals surface area contributed by atoms with Crippen molar-refractivity contribution in [3.05, 3.63) is 11.0 Å². The second kappa shape index (κ2) is 7.18. The lowest BCUT2D eigenvalue weighted by atomic mass is 9.78. The molecule has 3 fully saturated rings. The summed E-state index contributed by atoms with van der Waals surface area (Å²) in [6.45, 7) is 3.31. The van der Waals surface area contributed by atoms with E-state index in [1.165, 1.54) is 51.4 Å². The molecular formula is C19H30N2OS. The number of nitrogens with zero attached hydrogens (tertiary/aromatic N) is 1. The van der Waals surface area contributed by atoms with Gasteiger partial charge in [-0.3, -0.25) is 4.79 Å². The van der Waals surface area contributed by atoms with E-state index >= 15 is 0 Å². The van der Waals surface area contributed by atoms with Crippen LogP contribution in [0.4, 0.5) is 0 Å². The molecule has 3 unspecified atom stereocenters. The summed E-state index contributed by atoms with van der Waals surface area (Å²) in [5.74, 6) is 1.97. The molecule has 3 heterocycles. The third-order valence-electron chi connectivity index (χ3n) is 6.49. The average molecular weight is 335 g/mol. The Kier molecular flexibility index (Phi) is 5.00. The summed E-state index contributed by atoms with van der Waals surface area (Å²) in [7, 11) is 0. The lowest BCUT2D eigenvalue weighted by molar-refractivity contribution is -0.133. The van der Waals surface area contributed by atoms with Gasteiger partial charge in [-0.25, -0.2) is 0 Å². The van der Waals surface area contributed by atoms with Gasteiger partial charge in [-0.15, -0.1) is 11.8 Å². The maximum atomic E-state index is 13.1. The molecular weight excluding hydrogens is 304 g/mol. The van der Waals surface area contributed by atoms with Gasteiger partial charge in [-0.05, 0) is 75.3 Å². The van der Waals surface area contributed by atoms with E-state index in [9.17, 15) is 4.79 Å². The number of hydrogen-bond donors (Lipinski definition) is 1. The van der Waals surface area contributed by atoms with Crippen LogP contribution in [0.25, 0.3) is 0 Å². The predicted molar refractivity (Wildman–Crippen MR) is 96.4 cm³/mol. The number of hydrogen-bond acceptors (Lipinski definition) is 3. The molecule has 3 atom stereocenters. The number of likely N-dealkylation sites (tertiary alicyclic amines) is 1. The molecule has 4 heteroatoms. The van der Waals surface area contributed by atoms with Gasteiger partial charge in [-0.1, -0.05) is 12.8 Å². The van der Waals surface area contributed by atoms with Crippen molar-refractivity contribution in [2.75, 3.05) is 19.6 Å². The molecule has 1 amide bonds. The molecule has 4 rings (SSSR count). The molecule has 0 aromatic carbocycles. The van der Waals surface area contributed by atoms with Gasteiger partial charge in [0.2, 0.25) is 0 Å². The number of piperidine rings is 2. The Morgan fingerprint density at radius 1 is 1.04 bits per heavy atom. The van der Waals surface area contributed by atoms with Gasteiger partial charge >= 0.3 is 0 Å². The monoisotopic (exact) mass is 334 g/mol. The van der Waals surface area contributed by atoms with Crippen LogP contribution in [0.2, 0.25) is 0 Å². The lowest BCUT2D eigenvalue weighted by Gasteiger charge is -2.44. The third kappa shape index (κ3) is 3.34. The van der Waals surface area contributed by atoms with Crippen LogP contribution in [0.5, 0.6) is 0 Å². The Balaban J connectivity index is 1.38. The normalized spacial score (nSPS) is 35.7. The lowest BCUT2D eigenvalue weighted by Crippen LogP contribution is -2.50. The van der Waals surface area contributed by atoms with Crippen molar-refractivity contribution >= 4 is 17.7 Å². The van der Waals surface area contributed by atoms with Gasteiger partial charge in [0.15, 0.2) is 0 Å². The van der Waals surface area contributed by atoms with E-state index in [4.69, 9.17) is 0 Å². The quantitative estimate of drug-likeness (QED) is 0.838. The van der Waals surface area contributed by atoms with E-state index < -0.39 is 0 Å². The molecule has 23 heavy (non-hydrogen) atoms. The van der Waals surface area contributed by atoms with Gasteiger partial charge in [0.1, 0.15) is 0 Å². The first-order valence-electron chi connectivity index (χ1n) is 9.69. The third-order valence-corrected chi connectivity index (χ3v) is 7.82. The molecule has 0 aromatic heterocycles. The highest BCUT2D eigenvalue weighted by molar-refractivity contribution is 8.03. The van der Waals surface area contributed by atoms with E-state index in [-0.39, 0.29) is 0 Å². The molecule has 0 radical (unpaired) electrons. The zero-order chi connectivity index (χ0) is 15.6.